The highest BCUT2D eigenvalue weighted by molar-refractivity contribution is 5.91. The van der Waals surface area contributed by atoms with Crippen molar-refractivity contribution < 1.29 is 28.7 Å². The van der Waals surface area contributed by atoms with E-state index in [-0.39, 0.29) is 32.2 Å². The molecule has 1 aromatic carbocycles. The summed E-state index contributed by atoms with van der Waals surface area (Å²) in [5, 5.41) is 5.29. The van der Waals surface area contributed by atoms with Gasteiger partial charge in [-0.2, -0.15) is 0 Å². The second-order valence-electron chi connectivity index (χ2n) is 9.47. The van der Waals surface area contributed by atoms with E-state index in [1.807, 2.05) is 45.9 Å². The molecule has 1 rings (SSSR count). The molecule has 2 unspecified atom stereocenters. The summed E-state index contributed by atoms with van der Waals surface area (Å²) in [7, 11) is 0. The molecule has 196 valence electrons. The zero-order valence-electron chi connectivity index (χ0n) is 22.3. The highest BCUT2D eigenvalue weighted by Gasteiger charge is 2.36. The first-order valence-corrected chi connectivity index (χ1v) is 12.1. The molecule has 0 aliphatic rings. The van der Waals surface area contributed by atoms with Gasteiger partial charge in [0.1, 0.15) is 18.2 Å². The van der Waals surface area contributed by atoms with E-state index in [1.165, 1.54) is 4.90 Å². The lowest BCUT2D eigenvalue weighted by Gasteiger charge is -2.37. The maximum absolute atomic E-state index is 13.5. The number of ether oxygens (including phenoxy) is 2. The van der Waals surface area contributed by atoms with Gasteiger partial charge in [-0.05, 0) is 71.6 Å². The van der Waals surface area contributed by atoms with Crippen LogP contribution in [-0.4, -0.2) is 60.1 Å². The molecule has 9 nitrogen and oxygen atoms in total. The molecule has 0 heterocycles. The Hall–Kier alpha value is -3.10. The number of hydrogen-bond acceptors (Lipinski definition) is 6. The Morgan fingerprint density at radius 2 is 1.63 bits per heavy atom. The third kappa shape index (κ3) is 9.58. The van der Waals surface area contributed by atoms with Crippen molar-refractivity contribution >= 4 is 23.9 Å². The second-order valence-corrected chi connectivity index (χ2v) is 9.47. The fourth-order valence-electron chi connectivity index (χ4n) is 3.67. The summed E-state index contributed by atoms with van der Waals surface area (Å²) in [4.78, 5) is 52.3. The highest BCUT2D eigenvalue weighted by Crippen LogP contribution is 2.30. The minimum Gasteiger partial charge on any atom is -0.466 e. The molecule has 0 saturated heterocycles. The highest BCUT2D eigenvalue weighted by atomic mass is 16.6. The molecule has 2 N–H and O–H groups in total. The molecule has 3 amide bonds. The normalized spacial score (nSPS) is 12.8. The summed E-state index contributed by atoms with van der Waals surface area (Å²) in [6.45, 7) is 14.5. The van der Waals surface area contributed by atoms with Crippen LogP contribution in [0.5, 0.6) is 0 Å². The molecular weight excluding hydrogens is 450 g/mol. The minimum atomic E-state index is -0.943. The van der Waals surface area contributed by atoms with Gasteiger partial charge in [0.2, 0.25) is 11.8 Å². The zero-order valence-corrected chi connectivity index (χ0v) is 22.3. The Bertz CT molecular complexity index is 873. The van der Waals surface area contributed by atoms with Crippen molar-refractivity contribution in [2.45, 2.75) is 85.9 Å². The van der Waals surface area contributed by atoms with Gasteiger partial charge in [0.15, 0.2) is 0 Å². The quantitative estimate of drug-likeness (QED) is 0.458. The number of aryl methyl sites for hydroxylation is 2. The molecule has 2 atom stereocenters. The second kappa shape index (κ2) is 13.7. The van der Waals surface area contributed by atoms with Crippen molar-refractivity contribution in [1.82, 2.24) is 15.5 Å². The molecule has 0 aromatic heterocycles. The van der Waals surface area contributed by atoms with Gasteiger partial charge in [0, 0.05) is 12.6 Å². The Morgan fingerprint density at radius 1 is 1.03 bits per heavy atom. The minimum absolute atomic E-state index is 0.0243. The van der Waals surface area contributed by atoms with Gasteiger partial charge in [-0.15, -0.1) is 0 Å². The number of rotatable bonds is 11. The lowest BCUT2D eigenvalue weighted by molar-refractivity contribution is -0.144. The Balaban J connectivity index is 3.27. The Labute approximate surface area is 208 Å². The number of hydrogen-bond donors (Lipinski definition) is 2. The summed E-state index contributed by atoms with van der Waals surface area (Å²) in [5.41, 5.74) is 1.73. The molecule has 0 spiro atoms. The summed E-state index contributed by atoms with van der Waals surface area (Å²) < 4.78 is 10.2. The number of carbonyl (C=O) groups is 4. The summed E-state index contributed by atoms with van der Waals surface area (Å²) in [5.74, 6) is -1.23. The monoisotopic (exact) mass is 491 g/mol. The van der Waals surface area contributed by atoms with Crippen molar-refractivity contribution in [3.05, 3.63) is 34.9 Å². The molecule has 0 fully saturated rings. The van der Waals surface area contributed by atoms with E-state index < -0.39 is 35.5 Å². The van der Waals surface area contributed by atoms with Crippen LogP contribution in [0.25, 0.3) is 0 Å². The number of amides is 3. The van der Waals surface area contributed by atoms with Gasteiger partial charge >= 0.3 is 12.1 Å². The van der Waals surface area contributed by atoms with Crippen LogP contribution in [0, 0.1) is 13.8 Å². The first-order chi connectivity index (χ1) is 16.3. The molecule has 0 saturated carbocycles. The molecule has 1 aromatic rings. The van der Waals surface area contributed by atoms with Crippen molar-refractivity contribution in [1.29, 1.82) is 0 Å². The molecule has 0 radical (unpaired) electrons. The smallest absolute Gasteiger partial charge is 0.408 e. The average Bonchev–Trinajstić information content (AvgIpc) is 2.75. The molecule has 0 aliphatic heterocycles. The molecule has 0 aliphatic carbocycles. The van der Waals surface area contributed by atoms with E-state index in [9.17, 15) is 19.2 Å². The number of alkyl carbamates (subject to hydrolysis) is 1. The van der Waals surface area contributed by atoms with E-state index in [1.54, 1.807) is 27.7 Å². The first kappa shape index (κ1) is 29.9. The number of benzene rings is 1. The lowest BCUT2D eigenvalue weighted by Crippen LogP contribution is -2.51. The topological polar surface area (TPSA) is 114 Å². The van der Waals surface area contributed by atoms with Gasteiger partial charge in [-0.1, -0.05) is 25.1 Å². The lowest BCUT2D eigenvalue weighted by atomic mass is 9.93. The number of esters is 1. The van der Waals surface area contributed by atoms with E-state index in [4.69, 9.17) is 9.47 Å². The van der Waals surface area contributed by atoms with Crippen molar-refractivity contribution in [2.24, 2.45) is 0 Å². The fraction of sp³-hybridized carbons (Fsp3) is 0.615. The van der Waals surface area contributed by atoms with Gasteiger partial charge in [-0.3, -0.25) is 14.4 Å². The van der Waals surface area contributed by atoms with E-state index in [0.29, 0.717) is 12.0 Å². The van der Waals surface area contributed by atoms with Crippen LogP contribution in [0.1, 0.15) is 77.1 Å². The van der Waals surface area contributed by atoms with Crippen LogP contribution >= 0.6 is 0 Å². The largest absolute Gasteiger partial charge is 0.466 e. The summed E-state index contributed by atoms with van der Waals surface area (Å²) in [6.07, 6.45) is -0.0934. The van der Waals surface area contributed by atoms with Gasteiger partial charge in [0.25, 0.3) is 0 Å². The molecular formula is C26H41N3O6. The average molecular weight is 492 g/mol. The molecule has 35 heavy (non-hydrogen) atoms. The SMILES string of the molecule is CCOC(=O)CCNC(=O)C(c1c(C)cccc1C)N(C(=O)CNC(=O)OC(C)(C)C)C(C)CC. The third-order valence-corrected chi connectivity index (χ3v) is 5.41. The van der Waals surface area contributed by atoms with Crippen LogP contribution in [0.15, 0.2) is 18.2 Å². The Morgan fingerprint density at radius 3 is 2.14 bits per heavy atom. The number of nitrogens with zero attached hydrogens (tertiary/aromatic N) is 1. The zero-order chi connectivity index (χ0) is 26.8. The maximum atomic E-state index is 13.5. The van der Waals surface area contributed by atoms with Crippen LogP contribution in [-0.2, 0) is 23.9 Å². The Kier molecular flexibility index (Phi) is 11.7. The van der Waals surface area contributed by atoms with Crippen LogP contribution in [0.3, 0.4) is 0 Å². The predicted molar refractivity (Wildman–Crippen MR) is 134 cm³/mol. The molecule has 0 bridgehead atoms. The fourth-order valence-corrected chi connectivity index (χ4v) is 3.67. The van der Waals surface area contributed by atoms with Crippen molar-refractivity contribution in [2.75, 3.05) is 19.7 Å². The first-order valence-electron chi connectivity index (χ1n) is 12.1. The van der Waals surface area contributed by atoms with Gasteiger partial charge < -0.3 is 25.0 Å². The van der Waals surface area contributed by atoms with Crippen molar-refractivity contribution in [3.8, 4) is 0 Å². The van der Waals surface area contributed by atoms with E-state index >= 15 is 0 Å². The molecule has 9 heteroatoms. The standard InChI is InChI=1S/C26H41N3O6/c1-9-19(5)29(20(30)16-28-25(33)35-26(6,7)8)23(22-17(3)12-11-13-18(22)4)24(32)27-15-14-21(31)34-10-2/h11-13,19,23H,9-10,14-16H2,1-8H3,(H,27,32)(H,28,33). The summed E-state index contributed by atoms with van der Waals surface area (Å²) in [6, 6.07) is 4.42. The van der Waals surface area contributed by atoms with Crippen LogP contribution in [0.2, 0.25) is 0 Å². The number of carbonyl (C=O) groups excluding carboxylic acids is 4. The third-order valence-electron chi connectivity index (χ3n) is 5.41. The van der Waals surface area contributed by atoms with Crippen LogP contribution in [0.4, 0.5) is 4.79 Å². The van der Waals surface area contributed by atoms with Crippen molar-refractivity contribution in [3.63, 3.8) is 0 Å². The van der Waals surface area contributed by atoms with Crippen LogP contribution < -0.4 is 10.6 Å². The van der Waals surface area contributed by atoms with E-state index in [0.717, 1.165) is 11.1 Å². The van der Waals surface area contributed by atoms with E-state index in [2.05, 4.69) is 10.6 Å². The summed E-state index contributed by atoms with van der Waals surface area (Å²) >= 11 is 0. The maximum Gasteiger partial charge on any atom is 0.408 e. The predicted octanol–water partition coefficient (Wildman–Crippen LogP) is 3.57. The van der Waals surface area contributed by atoms with Gasteiger partial charge in [-0.25, -0.2) is 4.79 Å². The number of nitrogens with one attached hydrogen (secondary N) is 2. The van der Waals surface area contributed by atoms with Gasteiger partial charge in [0.05, 0.1) is 13.0 Å².